The van der Waals surface area contributed by atoms with Crippen LogP contribution in [0.4, 0.5) is 0 Å². The Morgan fingerprint density at radius 2 is 1.79 bits per heavy atom. The maximum absolute atomic E-state index is 13.7. The number of hydrogen-bond acceptors (Lipinski definition) is 6. The monoisotopic (exact) mass is 488 g/mol. The second kappa shape index (κ2) is 9.95. The minimum Gasteiger partial charge on any atom is -0.272 e. The van der Waals surface area contributed by atoms with Gasteiger partial charge in [0.05, 0.1) is 22.5 Å². The smallest absolute Gasteiger partial charge is 0.267 e. The van der Waals surface area contributed by atoms with Crippen molar-refractivity contribution in [2.24, 2.45) is 5.10 Å². The number of hydrazone groups is 1. The number of thioether (sulfide) groups is 1. The molecule has 0 bridgehead atoms. The number of aromatic nitrogens is 2. The van der Waals surface area contributed by atoms with Crippen molar-refractivity contribution in [3.63, 3.8) is 0 Å². The van der Waals surface area contributed by atoms with Gasteiger partial charge in [0.15, 0.2) is 5.16 Å². The zero-order valence-electron chi connectivity index (χ0n) is 18.8. The summed E-state index contributed by atoms with van der Waals surface area (Å²) in [5.41, 5.74) is 6.14. The molecule has 0 saturated carbocycles. The van der Waals surface area contributed by atoms with Crippen molar-refractivity contribution >= 4 is 44.9 Å². The first-order chi connectivity index (χ1) is 16.6. The van der Waals surface area contributed by atoms with Gasteiger partial charge in [-0.25, -0.2) is 10.4 Å². The third-order valence-corrected chi connectivity index (χ3v) is 7.97. The predicted molar refractivity (Wildman–Crippen MR) is 139 cm³/mol. The van der Waals surface area contributed by atoms with Crippen molar-refractivity contribution in [2.45, 2.75) is 37.8 Å². The highest BCUT2D eigenvalue weighted by Gasteiger charge is 2.23. The molecular formula is C26H24N4O2S2. The molecule has 172 valence electrons. The summed E-state index contributed by atoms with van der Waals surface area (Å²) in [7, 11) is 0. The summed E-state index contributed by atoms with van der Waals surface area (Å²) in [6.45, 7) is 1.85. The molecule has 6 nitrogen and oxygen atoms in total. The predicted octanol–water partition coefficient (Wildman–Crippen LogP) is 4.96. The van der Waals surface area contributed by atoms with E-state index < -0.39 is 0 Å². The van der Waals surface area contributed by atoms with Crippen molar-refractivity contribution < 1.29 is 4.79 Å². The van der Waals surface area contributed by atoms with Crippen LogP contribution in [0.1, 0.15) is 35.8 Å². The fraction of sp³-hybridized carbons (Fsp3) is 0.231. The minimum absolute atomic E-state index is 0.0588. The molecule has 0 fully saturated rings. The summed E-state index contributed by atoms with van der Waals surface area (Å²) in [5, 5.41) is 5.47. The molecule has 2 heterocycles. The van der Waals surface area contributed by atoms with Crippen molar-refractivity contribution in [1.29, 1.82) is 0 Å². The number of para-hydroxylation sites is 1. The third kappa shape index (κ3) is 4.56. The van der Waals surface area contributed by atoms with Crippen LogP contribution in [0.15, 0.2) is 75.7 Å². The van der Waals surface area contributed by atoms with E-state index in [0.717, 1.165) is 58.4 Å². The lowest BCUT2D eigenvalue weighted by Crippen LogP contribution is -2.24. The molecule has 2 aromatic carbocycles. The molecule has 0 aliphatic heterocycles. The van der Waals surface area contributed by atoms with Gasteiger partial charge >= 0.3 is 0 Å². The molecule has 1 aliphatic rings. The number of hydrogen-bond donors (Lipinski definition) is 1. The topological polar surface area (TPSA) is 76.3 Å². The lowest BCUT2D eigenvalue weighted by Gasteiger charge is -2.13. The number of rotatable bonds is 6. The maximum atomic E-state index is 13.7. The standard InChI is InChI=1S/C26H24N4O2S2/c1-17(18-10-4-2-5-11-18)28-29-22(31)16-33-26-27-24-23(20-14-8-9-15-21(20)34-24)25(32)30(26)19-12-6-3-7-13-19/h2-7,10-13H,8-9,14-16H2,1H3,(H,29,31)/b28-17-. The van der Waals surface area contributed by atoms with E-state index in [9.17, 15) is 9.59 Å². The van der Waals surface area contributed by atoms with E-state index in [1.165, 1.54) is 16.6 Å². The number of aryl methyl sites for hydroxylation is 2. The Kier molecular flexibility index (Phi) is 6.60. The molecule has 34 heavy (non-hydrogen) atoms. The molecule has 4 aromatic rings. The summed E-state index contributed by atoms with van der Waals surface area (Å²) in [6.07, 6.45) is 4.18. The van der Waals surface area contributed by atoms with Crippen LogP contribution in [0, 0.1) is 0 Å². The number of benzene rings is 2. The first-order valence-electron chi connectivity index (χ1n) is 11.3. The van der Waals surface area contributed by atoms with Crippen LogP contribution in [0.2, 0.25) is 0 Å². The fourth-order valence-electron chi connectivity index (χ4n) is 4.14. The van der Waals surface area contributed by atoms with Crippen LogP contribution in [-0.4, -0.2) is 26.9 Å². The molecule has 5 rings (SSSR count). The summed E-state index contributed by atoms with van der Waals surface area (Å²) in [6, 6.07) is 19.2. The molecule has 0 atom stereocenters. The van der Waals surface area contributed by atoms with E-state index in [-0.39, 0.29) is 17.2 Å². The van der Waals surface area contributed by atoms with Gasteiger partial charge in [0.2, 0.25) is 0 Å². The zero-order valence-corrected chi connectivity index (χ0v) is 20.4. The molecule has 8 heteroatoms. The van der Waals surface area contributed by atoms with Crippen molar-refractivity contribution in [1.82, 2.24) is 15.0 Å². The normalized spacial score (nSPS) is 13.6. The van der Waals surface area contributed by atoms with Crippen LogP contribution in [-0.2, 0) is 17.6 Å². The lowest BCUT2D eigenvalue weighted by atomic mass is 9.97. The second-order valence-electron chi connectivity index (χ2n) is 8.15. The zero-order chi connectivity index (χ0) is 23.5. The molecule has 1 amide bonds. The number of nitrogens with one attached hydrogen (secondary N) is 1. The Bertz CT molecular complexity index is 1430. The van der Waals surface area contributed by atoms with Crippen LogP contribution in [0.3, 0.4) is 0 Å². The van der Waals surface area contributed by atoms with Gasteiger partial charge in [-0.15, -0.1) is 11.3 Å². The van der Waals surface area contributed by atoms with Crippen LogP contribution in [0.5, 0.6) is 0 Å². The summed E-state index contributed by atoms with van der Waals surface area (Å²) < 4.78 is 1.64. The summed E-state index contributed by atoms with van der Waals surface area (Å²) >= 11 is 2.87. The van der Waals surface area contributed by atoms with E-state index in [0.29, 0.717) is 5.16 Å². The number of thiophene rings is 1. The van der Waals surface area contributed by atoms with Gasteiger partial charge in [0.1, 0.15) is 4.83 Å². The van der Waals surface area contributed by atoms with E-state index in [1.807, 2.05) is 67.6 Å². The van der Waals surface area contributed by atoms with Gasteiger partial charge in [-0.2, -0.15) is 5.10 Å². The molecule has 1 N–H and O–H groups in total. The number of carbonyl (C=O) groups excluding carboxylic acids is 1. The number of nitrogens with zero attached hydrogens (tertiary/aromatic N) is 3. The molecular weight excluding hydrogens is 464 g/mol. The van der Waals surface area contributed by atoms with Gasteiger partial charge < -0.3 is 0 Å². The Balaban J connectivity index is 1.44. The highest BCUT2D eigenvalue weighted by atomic mass is 32.2. The Morgan fingerprint density at radius 3 is 2.56 bits per heavy atom. The minimum atomic E-state index is -0.250. The van der Waals surface area contributed by atoms with Gasteiger partial charge in [-0.3, -0.25) is 14.2 Å². The lowest BCUT2D eigenvalue weighted by molar-refractivity contribution is -0.118. The number of amides is 1. The average Bonchev–Trinajstić information content (AvgIpc) is 3.25. The van der Waals surface area contributed by atoms with Gasteiger partial charge in [0.25, 0.3) is 11.5 Å². The number of fused-ring (bicyclic) bond motifs is 3. The van der Waals surface area contributed by atoms with E-state index in [1.54, 1.807) is 15.9 Å². The average molecular weight is 489 g/mol. The van der Waals surface area contributed by atoms with Crippen molar-refractivity contribution in [3.8, 4) is 5.69 Å². The van der Waals surface area contributed by atoms with E-state index in [2.05, 4.69) is 10.5 Å². The van der Waals surface area contributed by atoms with Crippen molar-refractivity contribution in [3.05, 3.63) is 87.0 Å². The first-order valence-corrected chi connectivity index (χ1v) is 13.1. The van der Waals surface area contributed by atoms with Gasteiger partial charge in [-0.05, 0) is 55.9 Å². The highest BCUT2D eigenvalue weighted by molar-refractivity contribution is 7.99. The molecule has 0 radical (unpaired) electrons. The molecule has 0 unspecified atom stereocenters. The third-order valence-electron chi connectivity index (χ3n) is 5.84. The molecule has 0 spiro atoms. The SMILES string of the molecule is C/C(=N/NC(=O)CSc1nc2sc3c(c2c(=O)n1-c1ccccc1)CCCC3)c1ccccc1. The second-order valence-corrected chi connectivity index (χ2v) is 10.2. The van der Waals surface area contributed by atoms with Crippen LogP contribution >= 0.6 is 23.1 Å². The van der Waals surface area contributed by atoms with Gasteiger partial charge in [0, 0.05) is 4.88 Å². The van der Waals surface area contributed by atoms with Crippen molar-refractivity contribution in [2.75, 3.05) is 5.75 Å². The highest BCUT2D eigenvalue weighted by Crippen LogP contribution is 2.35. The molecule has 0 saturated heterocycles. The van der Waals surface area contributed by atoms with E-state index >= 15 is 0 Å². The first kappa shape index (κ1) is 22.6. The fourth-order valence-corrected chi connectivity index (χ4v) is 6.25. The van der Waals surface area contributed by atoms with E-state index in [4.69, 9.17) is 4.98 Å². The number of carbonyl (C=O) groups is 1. The van der Waals surface area contributed by atoms with Gasteiger partial charge in [-0.1, -0.05) is 60.3 Å². The Hall–Kier alpha value is -3.23. The quantitative estimate of drug-likeness (QED) is 0.180. The largest absolute Gasteiger partial charge is 0.272 e. The van der Waals surface area contributed by atoms with Crippen LogP contribution < -0.4 is 11.0 Å². The Morgan fingerprint density at radius 1 is 1.09 bits per heavy atom. The maximum Gasteiger partial charge on any atom is 0.267 e. The summed E-state index contributed by atoms with van der Waals surface area (Å²) in [4.78, 5) is 33.2. The summed E-state index contributed by atoms with van der Waals surface area (Å²) in [5.74, 6) is -0.152. The van der Waals surface area contributed by atoms with Crippen LogP contribution in [0.25, 0.3) is 15.9 Å². The Labute approximate surface area is 205 Å². The molecule has 1 aliphatic carbocycles. The molecule has 2 aromatic heterocycles.